The topological polar surface area (TPSA) is 96.0 Å². The third kappa shape index (κ3) is 7.58. The number of nitrogens with zero attached hydrogens (tertiary/aromatic N) is 2. The molecular formula is C33H34FN3O5S. The number of amides is 2. The zero-order valence-corrected chi connectivity index (χ0v) is 24.8. The van der Waals surface area contributed by atoms with E-state index in [1.54, 1.807) is 55.5 Å². The molecule has 2 amide bonds. The molecule has 8 nitrogen and oxygen atoms in total. The summed E-state index contributed by atoms with van der Waals surface area (Å²) in [6.07, 6.45) is 0.132. The lowest BCUT2D eigenvalue weighted by molar-refractivity contribution is -0.140. The summed E-state index contributed by atoms with van der Waals surface area (Å²) >= 11 is 0. The number of sulfonamides is 1. The van der Waals surface area contributed by atoms with Crippen LogP contribution in [0.4, 0.5) is 10.1 Å². The molecule has 1 atom stereocenters. The van der Waals surface area contributed by atoms with Gasteiger partial charge in [-0.15, -0.1) is 0 Å². The van der Waals surface area contributed by atoms with Gasteiger partial charge in [0, 0.05) is 25.1 Å². The Morgan fingerprint density at radius 1 is 0.860 bits per heavy atom. The second-order valence-corrected chi connectivity index (χ2v) is 11.6. The number of carbonyl (C=O) groups excluding carboxylic acids is 2. The van der Waals surface area contributed by atoms with Crippen molar-refractivity contribution in [2.24, 2.45) is 0 Å². The summed E-state index contributed by atoms with van der Waals surface area (Å²) in [4.78, 5) is 29.1. The van der Waals surface area contributed by atoms with Crippen molar-refractivity contribution in [3.8, 4) is 5.75 Å². The Labute approximate surface area is 251 Å². The van der Waals surface area contributed by atoms with Gasteiger partial charge >= 0.3 is 0 Å². The van der Waals surface area contributed by atoms with Crippen LogP contribution in [0.15, 0.2) is 114 Å². The van der Waals surface area contributed by atoms with Gasteiger partial charge in [-0.25, -0.2) is 12.8 Å². The predicted octanol–water partition coefficient (Wildman–Crippen LogP) is 4.81. The number of nitrogens with one attached hydrogen (secondary N) is 1. The van der Waals surface area contributed by atoms with Gasteiger partial charge in [-0.2, -0.15) is 0 Å². The predicted molar refractivity (Wildman–Crippen MR) is 164 cm³/mol. The summed E-state index contributed by atoms with van der Waals surface area (Å²) in [5, 5.41) is 2.78. The van der Waals surface area contributed by atoms with Crippen molar-refractivity contribution in [3.05, 3.63) is 126 Å². The molecule has 0 heterocycles. The van der Waals surface area contributed by atoms with E-state index in [1.165, 1.54) is 42.3 Å². The highest BCUT2D eigenvalue weighted by Crippen LogP contribution is 2.32. The summed E-state index contributed by atoms with van der Waals surface area (Å²) in [7, 11) is -2.87. The maximum Gasteiger partial charge on any atom is 0.264 e. The van der Waals surface area contributed by atoms with Gasteiger partial charge in [0.05, 0.1) is 17.7 Å². The van der Waals surface area contributed by atoms with Gasteiger partial charge in [-0.3, -0.25) is 13.9 Å². The van der Waals surface area contributed by atoms with Crippen LogP contribution < -0.4 is 14.4 Å². The maximum atomic E-state index is 14.9. The molecule has 10 heteroatoms. The number of ether oxygens (including phenoxy) is 1. The van der Waals surface area contributed by atoms with Crippen molar-refractivity contribution in [1.29, 1.82) is 0 Å². The van der Waals surface area contributed by atoms with Crippen LogP contribution in [0.2, 0.25) is 0 Å². The second-order valence-electron chi connectivity index (χ2n) is 9.71. The van der Waals surface area contributed by atoms with Crippen molar-refractivity contribution < 1.29 is 27.1 Å². The first-order valence-electron chi connectivity index (χ1n) is 13.8. The van der Waals surface area contributed by atoms with Crippen molar-refractivity contribution in [2.45, 2.75) is 30.8 Å². The summed E-state index contributed by atoms with van der Waals surface area (Å²) in [5.41, 5.74) is 1.11. The Morgan fingerprint density at radius 3 is 2.12 bits per heavy atom. The van der Waals surface area contributed by atoms with E-state index in [9.17, 15) is 22.4 Å². The maximum absolute atomic E-state index is 14.9. The molecule has 0 aliphatic heterocycles. The molecule has 0 fully saturated rings. The van der Waals surface area contributed by atoms with Crippen LogP contribution in [-0.2, 0) is 32.6 Å². The number of anilines is 1. The summed E-state index contributed by atoms with van der Waals surface area (Å²) in [6, 6.07) is 28.3. The SMILES string of the molecule is CCNC(=O)C(Cc1ccccc1)N(Cc1ccccc1F)C(=O)CN(c1ccccc1OC)S(=O)(=O)c1ccccc1. The summed E-state index contributed by atoms with van der Waals surface area (Å²) < 4.78 is 49.4. The van der Waals surface area contributed by atoms with Crippen molar-refractivity contribution in [3.63, 3.8) is 0 Å². The van der Waals surface area contributed by atoms with Gasteiger partial charge in [0.2, 0.25) is 11.8 Å². The fourth-order valence-corrected chi connectivity index (χ4v) is 6.17. The van der Waals surface area contributed by atoms with E-state index in [4.69, 9.17) is 4.74 Å². The normalized spacial score (nSPS) is 11.8. The molecule has 0 aromatic heterocycles. The highest BCUT2D eigenvalue weighted by atomic mass is 32.2. The van der Waals surface area contributed by atoms with Crippen LogP contribution in [0.3, 0.4) is 0 Å². The van der Waals surface area contributed by atoms with Crippen LogP contribution in [0.5, 0.6) is 5.75 Å². The molecule has 43 heavy (non-hydrogen) atoms. The molecule has 1 unspecified atom stereocenters. The minimum atomic E-state index is -4.28. The number of benzene rings is 4. The minimum Gasteiger partial charge on any atom is -0.495 e. The van der Waals surface area contributed by atoms with Gasteiger partial charge in [-0.05, 0) is 42.8 Å². The zero-order chi connectivity index (χ0) is 30.8. The Morgan fingerprint density at radius 2 is 1.47 bits per heavy atom. The highest BCUT2D eigenvalue weighted by molar-refractivity contribution is 7.92. The van der Waals surface area contributed by atoms with E-state index < -0.39 is 40.2 Å². The molecule has 1 N–H and O–H groups in total. The van der Waals surface area contributed by atoms with E-state index in [0.717, 1.165) is 9.87 Å². The number of halogens is 1. The number of likely N-dealkylation sites (N-methyl/N-ethyl adjacent to an activating group) is 1. The van der Waals surface area contributed by atoms with Crippen LogP contribution in [0, 0.1) is 5.82 Å². The minimum absolute atomic E-state index is 0.0288. The van der Waals surface area contributed by atoms with E-state index in [2.05, 4.69) is 5.32 Å². The largest absolute Gasteiger partial charge is 0.495 e. The van der Waals surface area contributed by atoms with Crippen molar-refractivity contribution in [1.82, 2.24) is 10.2 Å². The lowest BCUT2D eigenvalue weighted by atomic mass is 10.0. The first-order chi connectivity index (χ1) is 20.8. The first kappa shape index (κ1) is 31.2. The monoisotopic (exact) mass is 603 g/mol. The molecule has 224 valence electrons. The molecule has 0 bridgehead atoms. The lowest BCUT2D eigenvalue weighted by Crippen LogP contribution is -2.53. The van der Waals surface area contributed by atoms with Gasteiger partial charge in [-0.1, -0.05) is 78.9 Å². The molecule has 0 aliphatic carbocycles. The molecule has 0 spiro atoms. The van der Waals surface area contributed by atoms with E-state index >= 15 is 0 Å². The smallest absolute Gasteiger partial charge is 0.264 e. The number of hydrogen-bond donors (Lipinski definition) is 1. The fourth-order valence-electron chi connectivity index (χ4n) is 4.72. The van der Waals surface area contributed by atoms with Gasteiger partial charge in [0.25, 0.3) is 10.0 Å². The summed E-state index contributed by atoms with van der Waals surface area (Å²) in [5.74, 6) is -1.44. The van der Waals surface area contributed by atoms with Crippen molar-refractivity contribution >= 4 is 27.5 Å². The van der Waals surface area contributed by atoms with Crippen molar-refractivity contribution in [2.75, 3.05) is 24.5 Å². The quantitative estimate of drug-likeness (QED) is 0.237. The number of para-hydroxylation sites is 2. The lowest BCUT2D eigenvalue weighted by Gasteiger charge is -2.34. The van der Waals surface area contributed by atoms with E-state index in [0.29, 0.717) is 6.54 Å². The Hall–Kier alpha value is -4.70. The first-order valence-corrected chi connectivity index (χ1v) is 15.3. The van der Waals surface area contributed by atoms with Crippen LogP contribution >= 0.6 is 0 Å². The van der Waals surface area contributed by atoms with E-state index in [1.807, 2.05) is 30.3 Å². The van der Waals surface area contributed by atoms with Crippen LogP contribution in [0.1, 0.15) is 18.1 Å². The molecule has 0 saturated carbocycles. The third-order valence-corrected chi connectivity index (χ3v) is 8.66. The molecule has 0 aliphatic rings. The average Bonchev–Trinajstić information content (AvgIpc) is 3.03. The standard InChI is InChI=1S/C33H34FN3O5S/c1-3-35-33(39)30(22-25-14-6-4-7-15-25)36(23-26-16-10-11-19-28(26)34)32(38)24-37(29-20-12-13-21-31(29)42-2)43(40,41)27-17-8-5-9-18-27/h4-21,30H,3,22-24H2,1-2H3,(H,35,39). The second kappa shape index (κ2) is 14.5. The molecular weight excluding hydrogens is 569 g/mol. The van der Waals surface area contributed by atoms with Gasteiger partial charge < -0.3 is 15.0 Å². The zero-order valence-electron chi connectivity index (χ0n) is 24.0. The molecule has 4 aromatic rings. The average molecular weight is 604 g/mol. The Balaban J connectivity index is 1.82. The highest BCUT2D eigenvalue weighted by Gasteiger charge is 2.35. The Bertz CT molecular complexity index is 1630. The van der Waals surface area contributed by atoms with Gasteiger partial charge in [0.1, 0.15) is 24.2 Å². The Kier molecular flexibility index (Phi) is 10.5. The van der Waals surface area contributed by atoms with Gasteiger partial charge in [0.15, 0.2) is 0 Å². The fraction of sp³-hybridized carbons (Fsp3) is 0.212. The van der Waals surface area contributed by atoms with E-state index in [-0.39, 0.29) is 34.9 Å². The summed E-state index contributed by atoms with van der Waals surface area (Å²) in [6.45, 7) is 1.14. The molecule has 0 saturated heterocycles. The van der Waals surface area contributed by atoms with Crippen LogP contribution in [0.25, 0.3) is 0 Å². The third-order valence-electron chi connectivity index (χ3n) is 6.88. The molecule has 4 aromatic carbocycles. The van der Waals surface area contributed by atoms with Crippen LogP contribution in [-0.4, -0.2) is 51.4 Å². The number of methoxy groups -OCH3 is 1. The number of hydrogen-bond acceptors (Lipinski definition) is 5. The number of rotatable bonds is 13. The number of carbonyl (C=O) groups is 2. The molecule has 0 radical (unpaired) electrons. The molecule has 4 rings (SSSR count).